The van der Waals surface area contributed by atoms with Crippen LogP contribution in [0.1, 0.15) is 10.4 Å². The summed E-state index contributed by atoms with van der Waals surface area (Å²) >= 11 is 3.11. The number of carboxylic acids is 1. The Morgan fingerprint density at radius 2 is 2.22 bits per heavy atom. The Bertz CT molecular complexity index is 639. The van der Waals surface area contributed by atoms with Gasteiger partial charge < -0.3 is 15.2 Å². The predicted octanol–water partition coefficient (Wildman–Crippen LogP) is 1.64. The Morgan fingerprint density at radius 1 is 1.50 bits per heavy atom. The van der Waals surface area contributed by atoms with E-state index in [0.29, 0.717) is 4.47 Å². The van der Waals surface area contributed by atoms with Gasteiger partial charge in [0.2, 0.25) is 6.33 Å². The first-order valence-corrected chi connectivity index (χ1v) is 5.36. The minimum atomic E-state index is -1.19. The van der Waals surface area contributed by atoms with E-state index in [1.165, 1.54) is 16.8 Å². The molecule has 2 rings (SSSR count). The third-order valence-electron chi connectivity index (χ3n) is 2.06. The van der Waals surface area contributed by atoms with Crippen molar-refractivity contribution in [1.29, 1.82) is 0 Å². The molecule has 2 heterocycles. The van der Waals surface area contributed by atoms with Crippen molar-refractivity contribution in [2.75, 3.05) is 0 Å². The van der Waals surface area contributed by atoms with Crippen molar-refractivity contribution in [1.82, 2.24) is 14.5 Å². The highest BCUT2D eigenvalue weighted by atomic mass is 79.9. The number of hydrogen-bond donors (Lipinski definition) is 1. The molecule has 0 aliphatic heterocycles. The van der Waals surface area contributed by atoms with Gasteiger partial charge in [-0.25, -0.2) is 9.78 Å². The van der Waals surface area contributed by atoms with Crippen LogP contribution in [0.4, 0.5) is 5.82 Å². The second-order valence-corrected chi connectivity index (χ2v) is 4.14. The molecule has 0 saturated carbocycles. The first kappa shape index (κ1) is 12.2. The summed E-state index contributed by atoms with van der Waals surface area (Å²) in [5, 5.41) is 19.5. The van der Waals surface area contributed by atoms with Crippen molar-refractivity contribution in [3.8, 4) is 5.82 Å². The van der Waals surface area contributed by atoms with E-state index in [-0.39, 0.29) is 17.2 Å². The van der Waals surface area contributed by atoms with Crippen LogP contribution in [-0.4, -0.2) is 30.5 Å². The molecule has 0 aromatic carbocycles. The monoisotopic (exact) mass is 312 g/mol. The van der Waals surface area contributed by atoms with E-state index in [4.69, 9.17) is 5.11 Å². The average Bonchev–Trinajstić information content (AvgIpc) is 2.78. The third-order valence-corrected chi connectivity index (χ3v) is 2.50. The molecule has 1 N–H and O–H groups in total. The van der Waals surface area contributed by atoms with Gasteiger partial charge in [-0.05, 0) is 31.9 Å². The molecule has 0 aliphatic rings. The van der Waals surface area contributed by atoms with E-state index in [0.717, 1.165) is 12.5 Å². The molecular formula is C9H5BrN4O4. The van der Waals surface area contributed by atoms with Gasteiger partial charge in [0, 0.05) is 10.7 Å². The number of carbonyl (C=O) groups is 1. The lowest BCUT2D eigenvalue weighted by molar-refractivity contribution is -0.389. The molecule has 18 heavy (non-hydrogen) atoms. The minimum absolute atomic E-state index is 0.0614. The maximum Gasteiger partial charge on any atom is 0.381 e. The van der Waals surface area contributed by atoms with Crippen LogP contribution >= 0.6 is 15.9 Å². The summed E-state index contributed by atoms with van der Waals surface area (Å²) in [4.78, 5) is 28.3. The zero-order valence-corrected chi connectivity index (χ0v) is 10.2. The molecule has 0 saturated heterocycles. The highest BCUT2D eigenvalue weighted by Crippen LogP contribution is 2.19. The molecule has 0 bridgehead atoms. The van der Waals surface area contributed by atoms with Gasteiger partial charge in [0.1, 0.15) is 11.8 Å². The van der Waals surface area contributed by atoms with Gasteiger partial charge in [0.05, 0.1) is 0 Å². The second-order valence-electron chi connectivity index (χ2n) is 3.23. The van der Waals surface area contributed by atoms with Crippen molar-refractivity contribution in [3.63, 3.8) is 0 Å². The van der Waals surface area contributed by atoms with Crippen LogP contribution in [0.25, 0.3) is 5.82 Å². The smallest absolute Gasteiger partial charge is 0.381 e. The predicted molar refractivity (Wildman–Crippen MR) is 62.7 cm³/mol. The maximum absolute atomic E-state index is 11.1. The highest BCUT2D eigenvalue weighted by molar-refractivity contribution is 9.10. The first-order chi connectivity index (χ1) is 8.49. The Hall–Kier alpha value is -2.29. The van der Waals surface area contributed by atoms with Gasteiger partial charge in [-0.3, -0.25) is 4.57 Å². The minimum Gasteiger partial charge on any atom is -0.478 e. The number of nitro groups is 1. The fourth-order valence-corrected chi connectivity index (χ4v) is 1.65. The average molecular weight is 313 g/mol. The molecule has 9 heteroatoms. The van der Waals surface area contributed by atoms with E-state index in [1.807, 2.05) is 0 Å². The molecular weight excluding hydrogens is 308 g/mol. The number of rotatable bonds is 3. The van der Waals surface area contributed by atoms with Gasteiger partial charge in [-0.15, -0.1) is 0 Å². The molecule has 0 fully saturated rings. The lowest BCUT2D eigenvalue weighted by atomic mass is 10.2. The zero-order chi connectivity index (χ0) is 13.3. The summed E-state index contributed by atoms with van der Waals surface area (Å²) in [6, 6.07) is 1.36. The number of carboxylic acid groups (broad SMARTS) is 1. The Kier molecular flexibility index (Phi) is 3.06. The number of nitrogens with zero attached hydrogens (tertiary/aromatic N) is 4. The highest BCUT2D eigenvalue weighted by Gasteiger charge is 2.18. The quantitative estimate of drug-likeness (QED) is 0.681. The zero-order valence-electron chi connectivity index (χ0n) is 8.65. The van der Waals surface area contributed by atoms with E-state index < -0.39 is 10.9 Å². The SMILES string of the molecule is O=C(O)c1cc(Br)cnc1-n1cnc([N+](=O)[O-])c1. The van der Waals surface area contributed by atoms with Crippen LogP contribution in [0.15, 0.2) is 29.3 Å². The van der Waals surface area contributed by atoms with Crippen LogP contribution in [0.2, 0.25) is 0 Å². The van der Waals surface area contributed by atoms with Crippen LogP contribution in [0.3, 0.4) is 0 Å². The van der Waals surface area contributed by atoms with Crippen molar-refractivity contribution in [2.24, 2.45) is 0 Å². The van der Waals surface area contributed by atoms with E-state index in [1.54, 1.807) is 0 Å². The maximum atomic E-state index is 11.1. The standard InChI is InChI=1S/C9H5BrN4O4/c10-5-1-6(9(15)16)8(11-2-5)13-3-7(12-4-13)14(17)18/h1-4H,(H,15,16). The summed E-state index contributed by atoms with van der Waals surface area (Å²) < 4.78 is 1.69. The van der Waals surface area contributed by atoms with E-state index >= 15 is 0 Å². The van der Waals surface area contributed by atoms with Crippen LogP contribution in [-0.2, 0) is 0 Å². The lowest BCUT2D eigenvalue weighted by Crippen LogP contribution is -2.06. The van der Waals surface area contributed by atoms with Gasteiger partial charge in [0.25, 0.3) is 0 Å². The summed E-state index contributed by atoms with van der Waals surface area (Å²) in [5.41, 5.74) is -0.0864. The summed E-state index contributed by atoms with van der Waals surface area (Å²) in [6.07, 6.45) is 3.64. The largest absolute Gasteiger partial charge is 0.478 e. The van der Waals surface area contributed by atoms with Crippen molar-refractivity contribution in [3.05, 3.63) is 44.9 Å². The van der Waals surface area contributed by atoms with E-state index in [2.05, 4.69) is 25.9 Å². The van der Waals surface area contributed by atoms with Gasteiger partial charge in [-0.2, -0.15) is 0 Å². The van der Waals surface area contributed by atoms with Gasteiger partial charge >= 0.3 is 11.8 Å². The molecule has 0 unspecified atom stereocenters. The Labute approximate surface area is 108 Å². The Morgan fingerprint density at radius 3 is 2.78 bits per heavy atom. The number of hydrogen-bond acceptors (Lipinski definition) is 5. The number of pyridine rings is 1. The molecule has 0 atom stereocenters. The number of aromatic nitrogens is 3. The summed E-state index contributed by atoms with van der Waals surface area (Å²) in [6.45, 7) is 0. The molecule has 0 amide bonds. The number of imidazole rings is 1. The fraction of sp³-hybridized carbons (Fsp3) is 0. The van der Waals surface area contributed by atoms with Gasteiger partial charge in [-0.1, -0.05) is 0 Å². The molecule has 0 spiro atoms. The lowest BCUT2D eigenvalue weighted by Gasteiger charge is -2.04. The van der Waals surface area contributed by atoms with Crippen LogP contribution in [0.5, 0.6) is 0 Å². The Balaban J connectivity index is 2.55. The van der Waals surface area contributed by atoms with Crippen LogP contribution in [0, 0.1) is 10.1 Å². The topological polar surface area (TPSA) is 111 Å². The molecule has 0 aliphatic carbocycles. The first-order valence-electron chi connectivity index (χ1n) is 4.56. The third kappa shape index (κ3) is 2.20. The molecule has 92 valence electrons. The van der Waals surface area contributed by atoms with Crippen molar-refractivity contribution < 1.29 is 14.8 Å². The summed E-state index contributed by atoms with van der Waals surface area (Å²) in [7, 11) is 0. The van der Waals surface area contributed by atoms with Crippen molar-refractivity contribution >= 4 is 27.7 Å². The summed E-state index contributed by atoms with van der Waals surface area (Å²) in [5.74, 6) is -1.50. The van der Waals surface area contributed by atoms with Gasteiger partial charge in [0.15, 0.2) is 5.82 Å². The number of halogens is 1. The fourth-order valence-electron chi connectivity index (χ4n) is 1.32. The van der Waals surface area contributed by atoms with Crippen LogP contribution < -0.4 is 0 Å². The normalized spacial score (nSPS) is 10.3. The molecule has 2 aromatic heterocycles. The van der Waals surface area contributed by atoms with Crippen molar-refractivity contribution in [2.45, 2.75) is 0 Å². The molecule has 8 nitrogen and oxygen atoms in total. The molecule has 2 aromatic rings. The second kappa shape index (κ2) is 4.53. The van der Waals surface area contributed by atoms with E-state index in [9.17, 15) is 14.9 Å². The number of aromatic carboxylic acids is 1. The molecule has 0 radical (unpaired) electrons.